The van der Waals surface area contributed by atoms with Gasteiger partial charge in [-0.2, -0.15) is 15.4 Å². The number of aromatic nitrogens is 3. The first kappa shape index (κ1) is 45.4. The molecule has 0 aliphatic rings. The molecule has 0 aliphatic carbocycles. The van der Waals surface area contributed by atoms with Crippen LogP contribution in [0.15, 0.2) is 127 Å². The summed E-state index contributed by atoms with van der Waals surface area (Å²) < 4.78 is 11.1. The number of ether oxygens (including phenoxy) is 2. The van der Waals surface area contributed by atoms with Gasteiger partial charge in [0, 0.05) is 23.4 Å². The van der Waals surface area contributed by atoms with Gasteiger partial charge in [-0.1, -0.05) is 106 Å². The molecule has 1 atom stereocenters. The Labute approximate surface area is 366 Å². The molecule has 0 spiro atoms. The number of aryl methyl sites for hydroxylation is 1. The lowest BCUT2D eigenvalue weighted by molar-refractivity contribution is -0.116. The number of anilines is 2. The lowest BCUT2D eigenvalue weighted by atomic mass is 10.0. The van der Waals surface area contributed by atoms with E-state index in [1.54, 1.807) is 77.7 Å². The monoisotopic (exact) mass is 851 g/mol. The number of nitrogens with zero attached hydrogens (tertiary/aromatic N) is 3. The third-order valence-corrected chi connectivity index (χ3v) is 10.6. The Hall–Kier alpha value is -7.09. The van der Waals surface area contributed by atoms with Crippen molar-refractivity contribution in [3.8, 4) is 17.2 Å². The van der Waals surface area contributed by atoms with Gasteiger partial charge in [-0.05, 0) is 91.6 Å². The molecule has 0 saturated heterocycles. The number of hydrogen-bond donors (Lipinski definition) is 5. The Kier molecular flexibility index (Phi) is 16.0. The molecule has 1 unspecified atom stereocenters. The first-order chi connectivity index (χ1) is 30.5. The number of phenolic OH excluding ortho intramolecular Hbond substituents is 1. The van der Waals surface area contributed by atoms with E-state index < -0.39 is 24.3 Å². The number of aromatic amines is 1. The number of rotatable bonds is 17. The molecule has 13 nitrogen and oxygen atoms in total. The van der Waals surface area contributed by atoms with Crippen molar-refractivity contribution in [3.63, 3.8) is 0 Å². The van der Waals surface area contributed by atoms with Gasteiger partial charge in [-0.3, -0.25) is 9.59 Å². The van der Waals surface area contributed by atoms with Crippen LogP contribution in [0.3, 0.4) is 0 Å². The lowest BCUT2D eigenvalue weighted by Gasteiger charge is -2.24. The smallest absolute Gasteiger partial charge is 0.343 e. The lowest BCUT2D eigenvalue weighted by Crippen LogP contribution is -2.31. The standard InChI is InChI=1S/C37H44N2O6.C13H9N3O2/c1-4-5-6-7-8-9-17-34(37(43)44)45-28-20-18-27(19-21-28)24-39(26(3)40)33-16-12-14-30-29(33)22-23-31(35(30)41)36(42)38-32-15-11-10-13-25(32)2;17-13(18-10-4-2-1-3-5-10)9-6-7-11-12(8-9)15-16-14-11/h10-16,18-23,34,37,41,43-44H,4-9,17,24H2,1-3H3,(H,38,42);1-8H,(H,14,15,16). The first-order valence-corrected chi connectivity index (χ1v) is 21.1. The van der Waals surface area contributed by atoms with Crippen LogP contribution >= 0.6 is 0 Å². The molecule has 63 heavy (non-hydrogen) atoms. The van der Waals surface area contributed by atoms with Gasteiger partial charge < -0.3 is 35.0 Å². The maximum Gasteiger partial charge on any atom is 0.343 e. The summed E-state index contributed by atoms with van der Waals surface area (Å²) in [6.07, 6.45) is 4.85. The summed E-state index contributed by atoms with van der Waals surface area (Å²) in [5, 5.41) is 45.1. The van der Waals surface area contributed by atoms with Gasteiger partial charge in [-0.25, -0.2) is 4.79 Å². The number of aliphatic hydroxyl groups is 2. The van der Waals surface area contributed by atoms with E-state index in [4.69, 9.17) is 9.47 Å². The Balaban J connectivity index is 0.000000302. The van der Waals surface area contributed by atoms with E-state index in [0.717, 1.165) is 30.4 Å². The molecule has 0 fully saturated rings. The van der Waals surface area contributed by atoms with E-state index in [-0.39, 0.29) is 23.8 Å². The van der Waals surface area contributed by atoms with Crippen LogP contribution in [0.25, 0.3) is 21.8 Å². The fraction of sp³-hybridized carbons (Fsp3) is 0.260. The van der Waals surface area contributed by atoms with Gasteiger partial charge >= 0.3 is 5.97 Å². The molecule has 0 saturated carbocycles. The van der Waals surface area contributed by atoms with E-state index in [1.807, 2.05) is 61.5 Å². The van der Waals surface area contributed by atoms with Crippen molar-refractivity contribution in [2.24, 2.45) is 0 Å². The minimum atomic E-state index is -1.58. The zero-order valence-corrected chi connectivity index (χ0v) is 35.7. The fourth-order valence-electron chi connectivity index (χ4n) is 7.06. The van der Waals surface area contributed by atoms with Crippen LogP contribution in [0.1, 0.15) is 90.6 Å². The van der Waals surface area contributed by atoms with Crippen LogP contribution in [0.4, 0.5) is 11.4 Å². The molecule has 326 valence electrons. The number of hydrogen-bond acceptors (Lipinski definition) is 10. The van der Waals surface area contributed by atoms with Gasteiger partial charge in [0.05, 0.1) is 23.4 Å². The summed E-state index contributed by atoms with van der Waals surface area (Å²) in [5.41, 5.74) is 4.94. The first-order valence-electron chi connectivity index (χ1n) is 21.1. The SMILES string of the molecule is CCCCCCCCC(Oc1ccc(CN(C(C)=O)c2cccc3c(O)c(C(=O)Nc4ccccc4C)ccc23)cc1)C(O)O.O=C(Oc1ccccc1)c1ccc2n[nH]nc2c1. The highest BCUT2D eigenvalue weighted by Crippen LogP contribution is 2.36. The van der Waals surface area contributed by atoms with Crippen molar-refractivity contribution in [1.29, 1.82) is 0 Å². The van der Waals surface area contributed by atoms with Crippen LogP contribution in [-0.2, 0) is 11.3 Å². The molecule has 1 aromatic heterocycles. The number of esters is 1. The maximum absolute atomic E-state index is 13.1. The molecular weight excluding hydrogens is 799 g/mol. The Bertz CT molecular complexity index is 2610. The number of amides is 2. The molecule has 2 amide bonds. The average molecular weight is 852 g/mol. The molecule has 7 aromatic rings. The van der Waals surface area contributed by atoms with Crippen LogP contribution in [0.2, 0.25) is 0 Å². The van der Waals surface area contributed by atoms with Gasteiger partial charge in [0.2, 0.25) is 5.91 Å². The number of unbranched alkanes of at least 4 members (excludes halogenated alkanes) is 5. The van der Waals surface area contributed by atoms with Crippen LogP contribution in [0.5, 0.6) is 17.2 Å². The highest BCUT2D eigenvalue weighted by Gasteiger charge is 2.21. The number of para-hydroxylation sites is 2. The molecule has 13 heteroatoms. The predicted molar refractivity (Wildman–Crippen MR) is 244 cm³/mol. The van der Waals surface area contributed by atoms with Crippen molar-refractivity contribution in [2.75, 3.05) is 10.2 Å². The Morgan fingerprint density at radius 3 is 2.19 bits per heavy atom. The van der Waals surface area contributed by atoms with E-state index in [9.17, 15) is 29.7 Å². The molecule has 0 radical (unpaired) electrons. The van der Waals surface area contributed by atoms with Crippen molar-refractivity contribution in [2.45, 2.75) is 84.7 Å². The minimum absolute atomic E-state index is 0.135. The number of aliphatic hydroxyl groups excluding tert-OH is 1. The van der Waals surface area contributed by atoms with Crippen LogP contribution < -0.4 is 19.7 Å². The normalized spacial score (nSPS) is 11.5. The van der Waals surface area contributed by atoms with Crippen molar-refractivity contribution in [1.82, 2.24) is 15.4 Å². The van der Waals surface area contributed by atoms with E-state index in [1.165, 1.54) is 26.2 Å². The number of H-pyrrole nitrogens is 1. The molecule has 7 rings (SSSR count). The zero-order chi connectivity index (χ0) is 44.7. The van der Waals surface area contributed by atoms with E-state index >= 15 is 0 Å². The summed E-state index contributed by atoms with van der Waals surface area (Å²) in [5.74, 6) is -0.154. The predicted octanol–water partition coefficient (Wildman–Crippen LogP) is 9.65. The fourth-order valence-corrected chi connectivity index (χ4v) is 7.06. The Morgan fingerprint density at radius 1 is 0.746 bits per heavy atom. The third-order valence-electron chi connectivity index (χ3n) is 10.6. The number of benzene rings is 6. The highest BCUT2D eigenvalue weighted by molar-refractivity contribution is 6.12. The number of nitrogens with one attached hydrogen (secondary N) is 2. The molecule has 0 bridgehead atoms. The van der Waals surface area contributed by atoms with Gasteiger partial charge in [-0.15, -0.1) is 0 Å². The average Bonchev–Trinajstić information content (AvgIpc) is 3.76. The summed E-state index contributed by atoms with van der Waals surface area (Å²) in [7, 11) is 0. The van der Waals surface area contributed by atoms with E-state index in [2.05, 4.69) is 27.7 Å². The van der Waals surface area contributed by atoms with E-state index in [0.29, 0.717) is 56.7 Å². The quantitative estimate of drug-likeness (QED) is 0.0256. The molecule has 1 heterocycles. The number of carbonyl (C=O) groups is 3. The molecule has 0 aliphatic heterocycles. The van der Waals surface area contributed by atoms with Crippen molar-refractivity contribution < 1.29 is 39.2 Å². The second-order valence-corrected chi connectivity index (χ2v) is 15.2. The number of carbonyl (C=O) groups excluding carboxylic acids is 3. The van der Waals surface area contributed by atoms with Crippen molar-refractivity contribution >= 4 is 51.0 Å². The third kappa shape index (κ3) is 12.3. The summed E-state index contributed by atoms with van der Waals surface area (Å²) >= 11 is 0. The highest BCUT2D eigenvalue weighted by atomic mass is 16.6. The summed E-state index contributed by atoms with van der Waals surface area (Å²) in [4.78, 5) is 39.4. The molecular formula is C50H53N5O8. The Morgan fingerprint density at radius 2 is 1.46 bits per heavy atom. The molecule has 6 aromatic carbocycles. The molecule has 5 N–H and O–H groups in total. The van der Waals surface area contributed by atoms with Crippen LogP contribution in [-0.4, -0.2) is 60.9 Å². The van der Waals surface area contributed by atoms with Crippen LogP contribution in [0, 0.1) is 6.92 Å². The van der Waals surface area contributed by atoms with Crippen molar-refractivity contribution in [3.05, 3.63) is 150 Å². The number of phenols is 1. The number of fused-ring (bicyclic) bond motifs is 2. The summed E-state index contributed by atoms with van der Waals surface area (Å²) in [6, 6.07) is 37.2. The zero-order valence-electron chi connectivity index (χ0n) is 35.7. The van der Waals surface area contributed by atoms with Gasteiger partial charge in [0.15, 0.2) is 6.29 Å². The van der Waals surface area contributed by atoms with Gasteiger partial charge in [0.25, 0.3) is 5.91 Å². The number of aromatic hydroxyl groups is 1. The minimum Gasteiger partial charge on any atom is -0.506 e. The largest absolute Gasteiger partial charge is 0.506 e. The second-order valence-electron chi connectivity index (χ2n) is 15.2. The topological polar surface area (TPSA) is 187 Å². The summed E-state index contributed by atoms with van der Waals surface area (Å²) in [6.45, 7) is 5.81. The maximum atomic E-state index is 13.1. The van der Waals surface area contributed by atoms with Gasteiger partial charge in [0.1, 0.15) is 34.4 Å². The second kappa shape index (κ2) is 22.1.